The molecule has 1 aromatic carbocycles. The summed E-state index contributed by atoms with van der Waals surface area (Å²) in [5, 5.41) is 13.7. The summed E-state index contributed by atoms with van der Waals surface area (Å²) < 4.78 is 13.5. The Morgan fingerprint density at radius 3 is 2.75 bits per heavy atom. The lowest BCUT2D eigenvalue weighted by molar-refractivity contribution is -0.384. The molecule has 20 heavy (non-hydrogen) atoms. The van der Waals surface area contributed by atoms with Crippen LogP contribution in [-0.2, 0) is 6.54 Å². The highest BCUT2D eigenvalue weighted by Gasteiger charge is 2.17. The van der Waals surface area contributed by atoms with E-state index in [2.05, 4.69) is 31.2 Å². The molecule has 0 fully saturated rings. The predicted octanol–water partition coefficient (Wildman–Crippen LogP) is 3.21. The zero-order valence-corrected chi connectivity index (χ0v) is 12.0. The van der Waals surface area contributed by atoms with Gasteiger partial charge in [-0.15, -0.1) is 0 Å². The molecule has 0 saturated carbocycles. The first kappa shape index (κ1) is 14.3. The normalized spacial score (nSPS) is 10.3. The maximum atomic E-state index is 13.5. The number of nitrogens with zero attached hydrogens (tertiary/aromatic N) is 3. The minimum atomic E-state index is -0.576. The van der Waals surface area contributed by atoms with Gasteiger partial charge in [0.05, 0.1) is 33.5 Å². The minimum Gasteiger partial charge on any atom is -0.374 e. The Balaban J connectivity index is 2.22. The fourth-order valence-electron chi connectivity index (χ4n) is 1.53. The predicted molar refractivity (Wildman–Crippen MR) is 74.9 cm³/mol. The highest BCUT2D eigenvalue weighted by Crippen LogP contribution is 2.30. The number of nitro groups is 1. The number of hydrogen-bond acceptors (Lipinski definition) is 5. The Labute approximate surface area is 122 Å². The maximum Gasteiger partial charge on any atom is 0.293 e. The van der Waals surface area contributed by atoms with E-state index in [1.54, 1.807) is 19.3 Å². The third-order valence-corrected chi connectivity index (χ3v) is 3.14. The zero-order valence-electron chi connectivity index (χ0n) is 10.4. The second kappa shape index (κ2) is 5.91. The Hall–Kier alpha value is -2.09. The van der Waals surface area contributed by atoms with Crippen molar-refractivity contribution in [1.82, 2.24) is 9.97 Å². The fraction of sp³-hybridized carbons (Fsp3) is 0.167. The van der Waals surface area contributed by atoms with Crippen LogP contribution in [0.25, 0.3) is 0 Å². The topological polar surface area (TPSA) is 81.0 Å². The van der Waals surface area contributed by atoms with Crippen LogP contribution >= 0.6 is 15.9 Å². The van der Waals surface area contributed by atoms with Crippen molar-refractivity contribution in [2.24, 2.45) is 0 Å². The summed E-state index contributed by atoms with van der Waals surface area (Å²) in [4.78, 5) is 18.5. The van der Waals surface area contributed by atoms with Gasteiger partial charge in [-0.05, 0) is 22.9 Å². The summed E-state index contributed by atoms with van der Waals surface area (Å²) >= 11 is 2.92. The molecule has 8 heteroatoms. The van der Waals surface area contributed by atoms with Gasteiger partial charge in [0.2, 0.25) is 0 Å². The lowest BCUT2D eigenvalue weighted by Gasteiger charge is -2.07. The minimum absolute atomic E-state index is 0.0462. The van der Waals surface area contributed by atoms with Crippen LogP contribution in [0.5, 0.6) is 0 Å². The van der Waals surface area contributed by atoms with E-state index in [0.717, 1.165) is 17.8 Å². The van der Waals surface area contributed by atoms with Gasteiger partial charge >= 0.3 is 0 Å². The summed E-state index contributed by atoms with van der Waals surface area (Å²) in [5.41, 5.74) is 1.26. The molecule has 2 aromatic rings. The van der Waals surface area contributed by atoms with Crippen LogP contribution in [0, 0.1) is 22.9 Å². The molecule has 0 bridgehead atoms. The molecule has 0 spiro atoms. The second-order valence-corrected chi connectivity index (χ2v) is 4.90. The van der Waals surface area contributed by atoms with Crippen LogP contribution in [0.4, 0.5) is 15.8 Å². The van der Waals surface area contributed by atoms with Crippen molar-refractivity contribution in [3.63, 3.8) is 0 Å². The number of hydrogen-bond donors (Lipinski definition) is 1. The van der Waals surface area contributed by atoms with Gasteiger partial charge in [-0.2, -0.15) is 0 Å². The van der Waals surface area contributed by atoms with E-state index in [4.69, 9.17) is 0 Å². The first-order valence-electron chi connectivity index (χ1n) is 5.62. The van der Waals surface area contributed by atoms with Crippen molar-refractivity contribution in [3.8, 4) is 0 Å². The van der Waals surface area contributed by atoms with Gasteiger partial charge in [0.15, 0.2) is 0 Å². The Morgan fingerprint density at radius 1 is 1.40 bits per heavy atom. The van der Waals surface area contributed by atoms with E-state index in [1.807, 2.05) is 0 Å². The highest BCUT2D eigenvalue weighted by atomic mass is 79.9. The van der Waals surface area contributed by atoms with Gasteiger partial charge in [-0.25, -0.2) is 4.39 Å². The van der Waals surface area contributed by atoms with Crippen molar-refractivity contribution in [1.29, 1.82) is 0 Å². The average Bonchev–Trinajstić information content (AvgIpc) is 2.41. The van der Waals surface area contributed by atoms with Crippen molar-refractivity contribution in [3.05, 3.63) is 56.3 Å². The number of benzene rings is 1. The number of halogens is 2. The Morgan fingerprint density at radius 2 is 2.15 bits per heavy atom. The van der Waals surface area contributed by atoms with Crippen molar-refractivity contribution >= 4 is 27.3 Å². The van der Waals surface area contributed by atoms with Gasteiger partial charge in [0, 0.05) is 18.3 Å². The van der Waals surface area contributed by atoms with E-state index >= 15 is 0 Å². The number of aryl methyl sites for hydroxylation is 1. The zero-order chi connectivity index (χ0) is 14.7. The first-order valence-corrected chi connectivity index (χ1v) is 6.41. The number of nitrogens with one attached hydrogen (secondary N) is 1. The molecular formula is C12H10BrFN4O2. The maximum absolute atomic E-state index is 13.5. The smallest absolute Gasteiger partial charge is 0.293 e. The van der Waals surface area contributed by atoms with Crippen LogP contribution in [-0.4, -0.2) is 14.9 Å². The molecule has 0 aliphatic heterocycles. The lowest BCUT2D eigenvalue weighted by Crippen LogP contribution is -2.05. The lowest BCUT2D eigenvalue weighted by atomic mass is 10.2. The van der Waals surface area contributed by atoms with Crippen LogP contribution in [0.3, 0.4) is 0 Å². The van der Waals surface area contributed by atoms with Crippen molar-refractivity contribution in [2.45, 2.75) is 13.5 Å². The third kappa shape index (κ3) is 3.27. The van der Waals surface area contributed by atoms with E-state index in [9.17, 15) is 14.5 Å². The quantitative estimate of drug-likeness (QED) is 0.682. The largest absolute Gasteiger partial charge is 0.374 e. The molecule has 0 saturated heterocycles. The van der Waals surface area contributed by atoms with Crippen molar-refractivity contribution < 1.29 is 9.31 Å². The standard InChI is InChI=1S/C12H10BrFN4O2/c1-7-4-16-8(5-15-7)6-17-11-3-10(14)9(13)2-12(11)18(19)20/h2-5,17H,6H2,1H3. The van der Waals surface area contributed by atoms with Crippen LogP contribution in [0.2, 0.25) is 0 Å². The molecule has 0 aliphatic rings. The summed E-state index contributed by atoms with van der Waals surface area (Å²) in [6.07, 6.45) is 3.15. The molecule has 1 N–H and O–H groups in total. The summed E-state index contributed by atoms with van der Waals surface area (Å²) in [7, 11) is 0. The molecule has 1 aromatic heterocycles. The number of rotatable bonds is 4. The molecule has 6 nitrogen and oxygen atoms in total. The summed E-state index contributed by atoms with van der Waals surface area (Å²) in [5.74, 6) is -0.576. The Bertz CT molecular complexity index is 649. The van der Waals surface area contributed by atoms with E-state index in [-0.39, 0.29) is 22.4 Å². The van der Waals surface area contributed by atoms with Gasteiger partial charge < -0.3 is 5.32 Å². The second-order valence-electron chi connectivity index (χ2n) is 4.04. The summed E-state index contributed by atoms with van der Waals surface area (Å²) in [6, 6.07) is 2.20. The number of aromatic nitrogens is 2. The van der Waals surface area contributed by atoms with E-state index in [0.29, 0.717) is 5.69 Å². The molecule has 0 radical (unpaired) electrons. The molecule has 1 heterocycles. The molecular weight excluding hydrogens is 331 g/mol. The molecule has 104 valence electrons. The molecule has 2 rings (SSSR count). The van der Waals surface area contributed by atoms with Gasteiger partial charge in [-0.1, -0.05) is 0 Å². The molecule has 0 aliphatic carbocycles. The Kier molecular flexibility index (Phi) is 4.23. The first-order chi connectivity index (χ1) is 9.47. The van der Waals surface area contributed by atoms with Crippen LogP contribution in [0.1, 0.15) is 11.4 Å². The molecule has 0 amide bonds. The average molecular weight is 341 g/mol. The summed E-state index contributed by atoms with van der Waals surface area (Å²) in [6.45, 7) is 2.02. The van der Waals surface area contributed by atoms with E-state index in [1.165, 1.54) is 0 Å². The fourth-order valence-corrected chi connectivity index (χ4v) is 1.86. The van der Waals surface area contributed by atoms with Gasteiger partial charge in [0.1, 0.15) is 11.5 Å². The number of nitro benzene ring substituents is 1. The molecule has 0 unspecified atom stereocenters. The number of anilines is 1. The molecule has 0 atom stereocenters. The van der Waals surface area contributed by atoms with Crippen molar-refractivity contribution in [2.75, 3.05) is 5.32 Å². The SMILES string of the molecule is Cc1cnc(CNc2cc(F)c(Br)cc2[N+](=O)[O-])cn1. The van der Waals surface area contributed by atoms with Crippen LogP contribution < -0.4 is 5.32 Å². The van der Waals surface area contributed by atoms with Crippen LogP contribution in [0.15, 0.2) is 29.0 Å². The van der Waals surface area contributed by atoms with Gasteiger partial charge in [0.25, 0.3) is 5.69 Å². The van der Waals surface area contributed by atoms with E-state index < -0.39 is 10.7 Å². The highest BCUT2D eigenvalue weighted by molar-refractivity contribution is 9.10. The monoisotopic (exact) mass is 340 g/mol. The third-order valence-electron chi connectivity index (χ3n) is 2.53. The van der Waals surface area contributed by atoms with Gasteiger partial charge in [-0.3, -0.25) is 20.1 Å².